The first-order valence-electron chi connectivity index (χ1n) is 5.95. The third-order valence-electron chi connectivity index (χ3n) is 2.60. The second-order valence-corrected chi connectivity index (χ2v) is 4.60. The van der Waals surface area contributed by atoms with Crippen molar-refractivity contribution < 1.29 is 4.74 Å². The molecule has 0 aliphatic carbocycles. The van der Waals surface area contributed by atoms with Gasteiger partial charge in [-0.3, -0.25) is 0 Å². The largest absolute Gasteiger partial charge is 0.380 e. The Bertz CT molecular complexity index is 344. The van der Waals surface area contributed by atoms with Crippen LogP contribution >= 0.6 is 23.2 Å². The standard InChI is InChI=1S/C13H19Cl2NO/c1-3-13(16-7-8-17-4-2)10-5-6-11(14)12(15)9-10/h5-6,9,13,16H,3-4,7-8H2,1-2H3. The highest BCUT2D eigenvalue weighted by Gasteiger charge is 2.09. The molecule has 0 aliphatic rings. The first-order valence-corrected chi connectivity index (χ1v) is 6.70. The van der Waals surface area contributed by atoms with Crippen LogP contribution in [0, 0.1) is 0 Å². The molecule has 0 radical (unpaired) electrons. The average Bonchev–Trinajstić information content (AvgIpc) is 2.33. The fraction of sp³-hybridized carbons (Fsp3) is 0.538. The Kier molecular flexibility index (Phi) is 6.90. The molecule has 1 N–H and O–H groups in total. The maximum Gasteiger partial charge on any atom is 0.0595 e. The zero-order valence-electron chi connectivity index (χ0n) is 10.3. The Balaban J connectivity index is 2.56. The number of rotatable bonds is 7. The van der Waals surface area contributed by atoms with Crippen LogP contribution in [0.25, 0.3) is 0 Å². The second-order valence-electron chi connectivity index (χ2n) is 3.79. The molecule has 1 unspecified atom stereocenters. The Morgan fingerprint density at radius 1 is 1.24 bits per heavy atom. The van der Waals surface area contributed by atoms with Crippen molar-refractivity contribution in [3.63, 3.8) is 0 Å². The predicted molar refractivity (Wildman–Crippen MR) is 74.0 cm³/mol. The van der Waals surface area contributed by atoms with Gasteiger partial charge in [-0.05, 0) is 31.0 Å². The number of benzene rings is 1. The molecule has 1 atom stereocenters. The molecule has 0 spiro atoms. The second kappa shape index (κ2) is 7.93. The molecule has 4 heteroatoms. The summed E-state index contributed by atoms with van der Waals surface area (Å²) in [5.41, 5.74) is 1.17. The lowest BCUT2D eigenvalue weighted by Gasteiger charge is -2.18. The van der Waals surface area contributed by atoms with Gasteiger partial charge in [0, 0.05) is 19.2 Å². The lowest BCUT2D eigenvalue weighted by molar-refractivity contribution is 0.146. The summed E-state index contributed by atoms with van der Waals surface area (Å²) in [7, 11) is 0. The molecule has 0 heterocycles. The summed E-state index contributed by atoms with van der Waals surface area (Å²) < 4.78 is 5.30. The summed E-state index contributed by atoms with van der Waals surface area (Å²) in [6.45, 7) is 6.46. The van der Waals surface area contributed by atoms with Crippen molar-refractivity contribution in [3.8, 4) is 0 Å². The molecule has 0 fully saturated rings. The van der Waals surface area contributed by atoms with E-state index in [1.165, 1.54) is 5.56 Å². The average molecular weight is 276 g/mol. The van der Waals surface area contributed by atoms with Crippen LogP contribution in [0.2, 0.25) is 10.0 Å². The first-order chi connectivity index (χ1) is 8.19. The lowest BCUT2D eigenvalue weighted by atomic mass is 10.0. The summed E-state index contributed by atoms with van der Waals surface area (Å²) in [5.74, 6) is 0. The predicted octanol–water partition coefficient (Wildman–Crippen LogP) is 4.07. The highest BCUT2D eigenvalue weighted by Crippen LogP contribution is 2.26. The van der Waals surface area contributed by atoms with Gasteiger partial charge in [0.15, 0.2) is 0 Å². The summed E-state index contributed by atoms with van der Waals surface area (Å²) in [6, 6.07) is 6.07. The Morgan fingerprint density at radius 3 is 2.59 bits per heavy atom. The van der Waals surface area contributed by atoms with Gasteiger partial charge in [0.2, 0.25) is 0 Å². The maximum absolute atomic E-state index is 6.01. The van der Waals surface area contributed by atoms with E-state index >= 15 is 0 Å². The normalized spacial score (nSPS) is 12.7. The van der Waals surface area contributed by atoms with Crippen LogP contribution < -0.4 is 5.32 Å². The zero-order chi connectivity index (χ0) is 12.7. The van der Waals surface area contributed by atoms with Crippen LogP contribution in [0.15, 0.2) is 18.2 Å². The molecule has 0 amide bonds. The molecule has 0 saturated carbocycles. The molecule has 0 bridgehead atoms. The quantitative estimate of drug-likeness (QED) is 0.758. The molecule has 0 aromatic heterocycles. The van der Waals surface area contributed by atoms with E-state index in [1.54, 1.807) is 0 Å². The highest BCUT2D eigenvalue weighted by atomic mass is 35.5. The van der Waals surface area contributed by atoms with Crippen molar-refractivity contribution >= 4 is 23.2 Å². The molecular formula is C13H19Cl2NO. The maximum atomic E-state index is 6.01. The summed E-state index contributed by atoms with van der Waals surface area (Å²) >= 11 is 11.9. The van der Waals surface area contributed by atoms with Gasteiger partial charge in [-0.25, -0.2) is 0 Å². The van der Waals surface area contributed by atoms with E-state index in [-0.39, 0.29) is 0 Å². The van der Waals surface area contributed by atoms with E-state index in [0.29, 0.717) is 16.1 Å². The number of halogens is 2. The number of hydrogen-bond donors (Lipinski definition) is 1. The number of hydrogen-bond acceptors (Lipinski definition) is 2. The third-order valence-corrected chi connectivity index (χ3v) is 3.33. The molecule has 1 rings (SSSR count). The fourth-order valence-electron chi connectivity index (χ4n) is 1.68. The Morgan fingerprint density at radius 2 is 2.00 bits per heavy atom. The van der Waals surface area contributed by atoms with Crippen molar-refractivity contribution in [2.75, 3.05) is 19.8 Å². The van der Waals surface area contributed by atoms with E-state index in [4.69, 9.17) is 27.9 Å². The monoisotopic (exact) mass is 275 g/mol. The van der Waals surface area contributed by atoms with Crippen molar-refractivity contribution in [1.29, 1.82) is 0 Å². The van der Waals surface area contributed by atoms with Crippen molar-refractivity contribution in [3.05, 3.63) is 33.8 Å². The highest BCUT2D eigenvalue weighted by molar-refractivity contribution is 6.42. The minimum absolute atomic E-state index is 0.297. The minimum atomic E-state index is 0.297. The first kappa shape index (κ1) is 14.8. The van der Waals surface area contributed by atoms with Gasteiger partial charge >= 0.3 is 0 Å². The van der Waals surface area contributed by atoms with E-state index in [0.717, 1.165) is 26.2 Å². The van der Waals surface area contributed by atoms with Gasteiger partial charge in [-0.1, -0.05) is 36.2 Å². The van der Waals surface area contributed by atoms with Gasteiger partial charge in [-0.2, -0.15) is 0 Å². The molecule has 17 heavy (non-hydrogen) atoms. The van der Waals surface area contributed by atoms with Gasteiger partial charge in [0.25, 0.3) is 0 Å². The molecule has 0 aliphatic heterocycles. The van der Waals surface area contributed by atoms with Crippen LogP contribution in [0.4, 0.5) is 0 Å². The molecule has 2 nitrogen and oxygen atoms in total. The SMILES string of the molecule is CCOCCNC(CC)c1ccc(Cl)c(Cl)c1. The fourth-order valence-corrected chi connectivity index (χ4v) is 1.98. The number of nitrogens with one attached hydrogen (secondary N) is 1. The Labute approximate surface area is 113 Å². The molecule has 1 aromatic carbocycles. The molecular weight excluding hydrogens is 257 g/mol. The van der Waals surface area contributed by atoms with Crippen LogP contribution in [0.5, 0.6) is 0 Å². The molecule has 1 aromatic rings. The summed E-state index contributed by atoms with van der Waals surface area (Å²) in [4.78, 5) is 0. The van der Waals surface area contributed by atoms with Gasteiger partial charge < -0.3 is 10.1 Å². The topological polar surface area (TPSA) is 21.3 Å². The van der Waals surface area contributed by atoms with Gasteiger partial charge in [0.05, 0.1) is 16.7 Å². The van der Waals surface area contributed by atoms with Crippen LogP contribution in [-0.4, -0.2) is 19.8 Å². The van der Waals surface area contributed by atoms with Crippen molar-refractivity contribution in [2.24, 2.45) is 0 Å². The van der Waals surface area contributed by atoms with Gasteiger partial charge in [0.1, 0.15) is 0 Å². The van der Waals surface area contributed by atoms with Crippen molar-refractivity contribution in [1.82, 2.24) is 5.32 Å². The third kappa shape index (κ3) is 4.84. The van der Waals surface area contributed by atoms with Crippen molar-refractivity contribution in [2.45, 2.75) is 26.3 Å². The zero-order valence-corrected chi connectivity index (χ0v) is 11.8. The lowest BCUT2D eigenvalue weighted by Crippen LogP contribution is -2.24. The van der Waals surface area contributed by atoms with E-state index in [1.807, 2.05) is 25.1 Å². The van der Waals surface area contributed by atoms with Crippen LogP contribution in [-0.2, 0) is 4.74 Å². The summed E-state index contributed by atoms with van der Waals surface area (Å²) in [5, 5.41) is 4.64. The smallest absolute Gasteiger partial charge is 0.0595 e. The number of ether oxygens (including phenoxy) is 1. The minimum Gasteiger partial charge on any atom is -0.380 e. The molecule has 0 saturated heterocycles. The van der Waals surface area contributed by atoms with Crippen LogP contribution in [0.1, 0.15) is 31.9 Å². The van der Waals surface area contributed by atoms with E-state index in [2.05, 4.69) is 12.2 Å². The summed E-state index contributed by atoms with van der Waals surface area (Å²) in [6.07, 6.45) is 1.00. The Hall–Kier alpha value is -0.280. The van der Waals surface area contributed by atoms with Crippen LogP contribution in [0.3, 0.4) is 0 Å². The van der Waals surface area contributed by atoms with Gasteiger partial charge in [-0.15, -0.1) is 0 Å². The van der Waals surface area contributed by atoms with E-state index < -0.39 is 0 Å². The van der Waals surface area contributed by atoms with E-state index in [9.17, 15) is 0 Å². The molecule has 96 valence electrons.